The number of hydrogen-bond acceptors (Lipinski definition) is 3. The van der Waals surface area contributed by atoms with E-state index in [9.17, 15) is 5.26 Å². The highest BCUT2D eigenvalue weighted by Gasteiger charge is 2.20. The molecular formula is C16H14BrN3. The molecule has 0 fully saturated rings. The summed E-state index contributed by atoms with van der Waals surface area (Å²) in [5.74, 6) is 0. The molecule has 2 N–H and O–H groups in total. The Morgan fingerprint density at radius 3 is 2.90 bits per heavy atom. The van der Waals surface area contributed by atoms with Gasteiger partial charge < -0.3 is 10.6 Å². The Morgan fingerprint density at radius 2 is 2.10 bits per heavy atom. The van der Waals surface area contributed by atoms with Gasteiger partial charge in [-0.15, -0.1) is 0 Å². The van der Waals surface area contributed by atoms with Crippen molar-refractivity contribution >= 4 is 27.3 Å². The molecule has 4 heteroatoms. The average molecular weight is 328 g/mol. The van der Waals surface area contributed by atoms with Crippen molar-refractivity contribution in [1.29, 1.82) is 5.26 Å². The minimum absolute atomic E-state index is 0.709. The quantitative estimate of drug-likeness (QED) is 0.816. The summed E-state index contributed by atoms with van der Waals surface area (Å²) in [5, 5.41) is 9.27. The van der Waals surface area contributed by atoms with Crippen LogP contribution >= 0.6 is 15.9 Å². The molecule has 1 aliphatic rings. The molecule has 0 amide bonds. The van der Waals surface area contributed by atoms with Crippen molar-refractivity contribution in [1.82, 2.24) is 0 Å². The van der Waals surface area contributed by atoms with Crippen LogP contribution in [0.5, 0.6) is 0 Å². The van der Waals surface area contributed by atoms with Gasteiger partial charge in [-0.3, -0.25) is 0 Å². The highest BCUT2D eigenvalue weighted by atomic mass is 79.9. The van der Waals surface area contributed by atoms with Crippen LogP contribution in [-0.2, 0) is 13.0 Å². The van der Waals surface area contributed by atoms with Gasteiger partial charge in [0, 0.05) is 23.2 Å². The van der Waals surface area contributed by atoms with Crippen molar-refractivity contribution in [2.45, 2.75) is 13.0 Å². The van der Waals surface area contributed by atoms with Crippen LogP contribution < -0.4 is 10.6 Å². The van der Waals surface area contributed by atoms with Crippen molar-refractivity contribution in [2.75, 3.05) is 17.2 Å². The van der Waals surface area contributed by atoms with Crippen LogP contribution in [0.1, 0.15) is 16.7 Å². The normalized spacial score (nSPS) is 13.7. The minimum Gasteiger partial charge on any atom is -0.398 e. The van der Waals surface area contributed by atoms with Gasteiger partial charge in [-0.25, -0.2) is 0 Å². The molecule has 0 bridgehead atoms. The number of benzene rings is 2. The van der Waals surface area contributed by atoms with Crippen LogP contribution in [0.25, 0.3) is 0 Å². The molecule has 2 aromatic carbocycles. The number of halogens is 1. The first kappa shape index (κ1) is 13.0. The number of nitriles is 1. The van der Waals surface area contributed by atoms with Crippen LogP contribution in [0.2, 0.25) is 0 Å². The summed E-state index contributed by atoms with van der Waals surface area (Å²) >= 11 is 3.48. The van der Waals surface area contributed by atoms with Gasteiger partial charge in [0.25, 0.3) is 0 Å². The molecule has 1 aliphatic heterocycles. The molecule has 0 aromatic heterocycles. The number of hydrogen-bond donors (Lipinski definition) is 1. The van der Waals surface area contributed by atoms with Gasteiger partial charge in [-0.2, -0.15) is 5.26 Å². The van der Waals surface area contributed by atoms with E-state index in [0.717, 1.165) is 35.4 Å². The first-order valence-corrected chi connectivity index (χ1v) is 7.29. The fourth-order valence-corrected chi connectivity index (χ4v) is 3.05. The third kappa shape index (κ3) is 2.25. The second-order valence-electron chi connectivity index (χ2n) is 4.93. The van der Waals surface area contributed by atoms with E-state index in [-0.39, 0.29) is 0 Å². The Morgan fingerprint density at radius 1 is 1.25 bits per heavy atom. The SMILES string of the molecule is N#Cc1ccc(Br)cc1N1CCc2c(N)cccc2C1. The third-order valence-electron chi connectivity index (χ3n) is 3.72. The van der Waals surface area contributed by atoms with Crippen molar-refractivity contribution in [3.8, 4) is 6.07 Å². The fraction of sp³-hybridized carbons (Fsp3) is 0.188. The molecule has 0 saturated heterocycles. The van der Waals surface area contributed by atoms with Crippen molar-refractivity contribution < 1.29 is 0 Å². The van der Waals surface area contributed by atoms with Crippen LogP contribution in [0.15, 0.2) is 40.9 Å². The predicted molar refractivity (Wildman–Crippen MR) is 84.5 cm³/mol. The summed E-state index contributed by atoms with van der Waals surface area (Å²) in [7, 11) is 0. The van der Waals surface area contributed by atoms with Crippen LogP contribution in [-0.4, -0.2) is 6.54 Å². The maximum absolute atomic E-state index is 9.27. The molecule has 0 atom stereocenters. The summed E-state index contributed by atoms with van der Waals surface area (Å²) in [6, 6.07) is 14.1. The first-order valence-electron chi connectivity index (χ1n) is 6.50. The number of rotatable bonds is 1. The smallest absolute Gasteiger partial charge is 0.101 e. The lowest BCUT2D eigenvalue weighted by molar-refractivity contribution is 0.732. The lowest BCUT2D eigenvalue weighted by Gasteiger charge is -2.32. The molecule has 0 spiro atoms. The van der Waals surface area contributed by atoms with E-state index in [2.05, 4.69) is 33.0 Å². The molecule has 0 saturated carbocycles. The molecule has 20 heavy (non-hydrogen) atoms. The van der Waals surface area contributed by atoms with E-state index in [1.807, 2.05) is 30.3 Å². The number of nitrogen functional groups attached to an aromatic ring is 1. The summed E-state index contributed by atoms with van der Waals surface area (Å²) < 4.78 is 0.991. The lowest BCUT2D eigenvalue weighted by Crippen LogP contribution is -2.31. The number of nitrogens with zero attached hydrogens (tertiary/aromatic N) is 2. The lowest BCUT2D eigenvalue weighted by atomic mass is 9.97. The van der Waals surface area contributed by atoms with Gasteiger partial charge in [0.2, 0.25) is 0 Å². The molecule has 2 aromatic rings. The Bertz CT molecular complexity index is 703. The largest absolute Gasteiger partial charge is 0.398 e. The van der Waals surface area contributed by atoms with E-state index in [1.54, 1.807) is 0 Å². The summed E-state index contributed by atoms with van der Waals surface area (Å²) in [4.78, 5) is 2.24. The Kier molecular flexibility index (Phi) is 3.37. The average Bonchev–Trinajstić information content (AvgIpc) is 2.47. The van der Waals surface area contributed by atoms with Crippen LogP contribution in [0.3, 0.4) is 0 Å². The number of fused-ring (bicyclic) bond motifs is 1. The van der Waals surface area contributed by atoms with Gasteiger partial charge in [0.1, 0.15) is 6.07 Å². The van der Waals surface area contributed by atoms with E-state index >= 15 is 0 Å². The molecule has 3 nitrogen and oxygen atoms in total. The van der Waals surface area contributed by atoms with E-state index in [1.165, 1.54) is 11.1 Å². The highest BCUT2D eigenvalue weighted by molar-refractivity contribution is 9.10. The second kappa shape index (κ2) is 5.18. The van der Waals surface area contributed by atoms with Crippen LogP contribution in [0, 0.1) is 11.3 Å². The maximum atomic E-state index is 9.27. The molecule has 0 unspecified atom stereocenters. The van der Waals surface area contributed by atoms with E-state index in [0.29, 0.717) is 5.56 Å². The molecule has 100 valence electrons. The highest BCUT2D eigenvalue weighted by Crippen LogP contribution is 2.31. The topological polar surface area (TPSA) is 53.0 Å². The third-order valence-corrected chi connectivity index (χ3v) is 4.22. The van der Waals surface area contributed by atoms with Crippen molar-refractivity contribution in [3.63, 3.8) is 0 Å². The van der Waals surface area contributed by atoms with Gasteiger partial charge in [-0.05, 0) is 41.8 Å². The predicted octanol–water partition coefficient (Wildman–Crippen LogP) is 3.47. The first-order chi connectivity index (χ1) is 9.69. The summed E-state index contributed by atoms with van der Waals surface area (Å²) in [5.41, 5.74) is 11.1. The monoisotopic (exact) mass is 327 g/mol. The Labute approximate surface area is 126 Å². The Hall–Kier alpha value is -1.99. The van der Waals surface area contributed by atoms with Crippen molar-refractivity contribution in [3.05, 3.63) is 57.6 Å². The van der Waals surface area contributed by atoms with Gasteiger partial charge >= 0.3 is 0 Å². The second-order valence-corrected chi connectivity index (χ2v) is 5.85. The molecular weight excluding hydrogens is 314 g/mol. The van der Waals surface area contributed by atoms with Gasteiger partial charge in [0.05, 0.1) is 11.3 Å². The Balaban J connectivity index is 1.99. The minimum atomic E-state index is 0.709. The van der Waals surface area contributed by atoms with Crippen LogP contribution in [0.4, 0.5) is 11.4 Å². The summed E-state index contributed by atoms with van der Waals surface area (Å²) in [6.07, 6.45) is 0.916. The van der Waals surface area contributed by atoms with E-state index in [4.69, 9.17) is 5.73 Å². The fourth-order valence-electron chi connectivity index (χ4n) is 2.71. The van der Waals surface area contributed by atoms with Gasteiger partial charge in [0.15, 0.2) is 0 Å². The maximum Gasteiger partial charge on any atom is 0.101 e. The zero-order chi connectivity index (χ0) is 14.1. The van der Waals surface area contributed by atoms with Gasteiger partial charge in [-0.1, -0.05) is 28.1 Å². The molecule has 0 radical (unpaired) electrons. The molecule has 0 aliphatic carbocycles. The van der Waals surface area contributed by atoms with E-state index < -0.39 is 0 Å². The molecule has 3 rings (SSSR count). The van der Waals surface area contributed by atoms with Crippen molar-refractivity contribution in [2.24, 2.45) is 0 Å². The zero-order valence-corrected chi connectivity index (χ0v) is 12.5. The summed E-state index contributed by atoms with van der Waals surface area (Å²) in [6.45, 7) is 1.68. The number of anilines is 2. The number of nitrogens with two attached hydrogens (primary N) is 1. The zero-order valence-electron chi connectivity index (χ0n) is 10.9. The standard InChI is InChI=1S/C16H14BrN3/c17-13-5-4-11(9-18)16(8-13)20-7-6-14-12(10-20)2-1-3-15(14)19/h1-5,8H,6-7,10,19H2. The molecule has 1 heterocycles.